The Balaban J connectivity index is 4.02. The first-order chi connectivity index (χ1) is 9.28. The molecule has 0 saturated carbocycles. The number of carbonyl (C=O) groups excluding carboxylic acids is 1. The summed E-state index contributed by atoms with van der Waals surface area (Å²) in [5, 5.41) is 9.52. The van der Waals surface area contributed by atoms with Crippen molar-refractivity contribution in [2.75, 3.05) is 12.3 Å². The van der Waals surface area contributed by atoms with Crippen LogP contribution in [0.2, 0.25) is 0 Å². The zero-order chi connectivity index (χ0) is 15.6. The predicted octanol–water partition coefficient (Wildman–Crippen LogP) is -0.787. The van der Waals surface area contributed by atoms with Crippen LogP contribution in [0.25, 0.3) is 0 Å². The maximum Gasteiger partial charge on any atom is 0.250 e. The van der Waals surface area contributed by atoms with Gasteiger partial charge in [0.15, 0.2) is 5.96 Å². The highest BCUT2D eigenvalue weighted by molar-refractivity contribution is 7.90. The molecule has 0 aromatic carbocycles. The van der Waals surface area contributed by atoms with E-state index in [0.717, 1.165) is 12.8 Å². The standard InChI is InChI=1S/C11H25N5O3S/c1-2-3-4-8-20(18,19)16-10(17)9(12)6-5-7-15-11(13)14/h9H,2-8,12H2,1H3,(H,16,17)(H4,13,14,15)/t9-/m0/s1. The first-order valence-corrected chi connectivity index (χ1v) is 8.31. The molecule has 1 atom stereocenters. The lowest BCUT2D eigenvalue weighted by molar-refractivity contribution is -0.120. The van der Waals surface area contributed by atoms with Gasteiger partial charge in [0, 0.05) is 6.54 Å². The molecule has 0 unspecified atom stereocenters. The molecule has 20 heavy (non-hydrogen) atoms. The van der Waals surface area contributed by atoms with Crippen molar-refractivity contribution in [3.05, 3.63) is 0 Å². The van der Waals surface area contributed by atoms with Crippen LogP contribution >= 0.6 is 0 Å². The van der Waals surface area contributed by atoms with Crippen molar-refractivity contribution >= 4 is 21.9 Å². The molecule has 7 N–H and O–H groups in total. The second-order valence-electron chi connectivity index (χ2n) is 4.58. The van der Waals surface area contributed by atoms with Crippen LogP contribution in [0.3, 0.4) is 0 Å². The van der Waals surface area contributed by atoms with Gasteiger partial charge in [0.05, 0.1) is 11.8 Å². The summed E-state index contributed by atoms with van der Waals surface area (Å²) in [6.07, 6.45) is 3.07. The number of unbranched alkanes of at least 4 members (excludes halogenated alkanes) is 2. The fraction of sp³-hybridized carbons (Fsp3) is 0.818. The Morgan fingerprint density at radius 2 is 1.95 bits per heavy atom. The van der Waals surface area contributed by atoms with Gasteiger partial charge in [0.25, 0.3) is 0 Å². The van der Waals surface area contributed by atoms with E-state index in [1.165, 1.54) is 0 Å². The van der Waals surface area contributed by atoms with Crippen LogP contribution in [0.5, 0.6) is 0 Å². The zero-order valence-electron chi connectivity index (χ0n) is 11.8. The fourth-order valence-corrected chi connectivity index (χ4v) is 2.64. The van der Waals surface area contributed by atoms with Gasteiger partial charge >= 0.3 is 0 Å². The first kappa shape index (κ1) is 18.7. The largest absolute Gasteiger partial charge is 0.370 e. The summed E-state index contributed by atoms with van der Waals surface area (Å²) in [5.74, 6) is -0.906. The molecule has 0 radical (unpaired) electrons. The van der Waals surface area contributed by atoms with Gasteiger partial charge in [0.2, 0.25) is 15.9 Å². The molecule has 9 heteroatoms. The maximum atomic E-state index is 11.6. The van der Waals surface area contributed by atoms with Crippen LogP contribution in [0.1, 0.15) is 39.0 Å². The van der Waals surface area contributed by atoms with Crippen molar-refractivity contribution in [2.45, 2.75) is 45.1 Å². The van der Waals surface area contributed by atoms with Crippen molar-refractivity contribution in [2.24, 2.45) is 11.5 Å². The van der Waals surface area contributed by atoms with E-state index < -0.39 is 22.0 Å². The highest BCUT2D eigenvalue weighted by Gasteiger charge is 2.19. The molecule has 1 amide bonds. The lowest BCUT2D eigenvalue weighted by Crippen LogP contribution is -2.44. The number of amides is 1. The summed E-state index contributed by atoms with van der Waals surface area (Å²) in [7, 11) is -3.59. The molecule has 0 rings (SSSR count). The lowest BCUT2D eigenvalue weighted by atomic mass is 10.1. The number of nitrogens with two attached hydrogens (primary N) is 2. The van der Waals surface area contributed by atoms with E-state index in [0.29, 0.717) is 25.8 Å². The third-order valence-electron chi connectivity index (χ3n) is 2.62. The topological polar surface area (TPSA) is 151 Å². The molecule has 0 spiro atoms. The van der Waals surface area contributed by atoms with Gasteiger partial charge in [-0.15, -0.1) is 0 Å². The quantitative estimate of drug-likeness (QED) is 0.203. The summed E-state index contributed by atoms with van der Waals surface area (Å²) in [5.41, 5.74) is 10.7. The van der Waals surface area contributed by atoms with Gasteiger partial charge in [-0.05, 0) is 19.3 Å². The van der Waals surface area contributed by atoms with E-state index in [1.807, 2.05) is 11.6 Å². The molecule has 0 heterocycles. The summed E-state index contributed by atoms with van der Waals surface area (Å²) in [4.78, 5) is 11.6. The molecule has 0 aromatic rings. The minimum Gasteiger partial charge on any atom is -0.370 e. The molecule has 0 saturated heterocycles. The normalized spacial score (nSPS) is 12.7. The number of carbonyl (C=O) groups is 1. The van der Waals surface area contributed by atoms with Crippen LogP contribution in [-0.2, 0) is 14.8 Å². The molecule has 8 nitrogen and oxygen atoms in total. The Bertz CT molecular complexity index is 410. The van der Waals surface area contributed by atoms with Gasteiger partial charge in [-0.1, -0.05) is 19.8 Å². The highest BCUT2D eigenvalue weighted by Crippen LogP contribution is 1.99. The van der Waals surface area contributed by atoms with E-state index >= 15 is 0 Å². The first-order valence-electron chi connectivity index (χ1n) is 6.66. The van der Waals surface area contributed by atoms with Gasteiger partial charge in [-0.2, -0.15) is 0 Å². The monoisotopic (exact) mass is 307 g/mol. The van der Waals surface area contributed by atoms with Crippen molar-refractivity contribution in [1.29, 1.82) is 5.41 Å². The number of sulfonamides is 1. The summed E-state index contributed by atoms with van der Waals surface area (Å²) < 4.78 is 25.2. The number of nitrogens with one attached hydrogen (secondary N) is 3. The molecule has 0 fully saturated rings. The van der Waals surface area contributed by atoms with Gasteiger partial charge in [-0.3, -0.25) is 14.9 Å². The average molecular weight is 307 g/mol. The number of hydrogen-bond donors (Lipinski definition) is 5. The van der Waals surface area contributed by atoms with E-state index in [4.69, 9.17) is 16.9 Å². The molecule has 0 aromatic heterocycles. The average Bonchev–Trinajstić information content (AvgIpc) is 2.33. The second-order valence-corrected chi connectivity index (χ2v) is 6.42. The number of guanidine groups is 1. The molecule has 0 aliphatic heterocycles. The van der Waals surface area contributed by atoms with Crippen LogP contribution < -0.4 is 21.5 Å². The zero-order valence-corrected chi connectivity index (χ0v) is 12.6. The smallest absolute Gasteiger partial charge is 0.250 e. The Hall–Kier alpha value is -1.35. The molecule has 0 aliphatic carbocycles. The van der Waals surface area contributed by atoms with Crippen LogP contribution in [-0.4, -0.2) is 38.6 Å². The minimum atomic E-state index is -3.59. The molecular formula is C11H25N5O3S. The molecule has 0 bridgehead atoms. The fourth-order valence-electron chi connectivity index (χ4n) is 1.50. The van der Waals surface area contributed by atoms with E-state index in [9.17, 15) is 13.2 Å². The van der Waals surface area contributed by atoms with Crippen LogP contribution in [0, 0.1) is 5.41 Å². The van der Waals surface area contributed by atoms with Crippen LogP contribution in [0.15, 0.2) is 0 Å². The Kier molecular flexibility index (Phi) is 8.89. The number of hydrogen-bond acceptors (Lipinski definition) is 5. The van der Waals surface area contributed by atoms with Crippen molar-refractivity contribution in [1.82, 2.24) is 10.0 Å². The van der Waals surface area contributed by atoms with Gasteiger partial charge < -0.3 is 16.8 Å². The number of rotatable bonds is 10. The van der Waals surface area contributed by atoms with Crippen molar-refractivity contribution in [3.63, 3.8) is 0 Å². The molecular weight excluding hydrogens is 282 g/mol. The van der Waals surface area contributed by atoms with Crippen molar-refractivity contribution in [3.8, 4) is 0 Å². The highest BCUT2D eigenvalue weighted by atomic mass is 32.2. The molecule has 0 aliphatic rings. The Morgan fingerprint density at radius 3 is 2.50 bits per heavy atom. The summed E-state index contributed by atoms with van der Waals surface area (Å²) in [6.45, 7) is 2.38. The minimum absolute atomic E-state index is 0.0643. The van der Waals surface area contributed by atoms with Crippen molar-refractivity contribution < 1.29 is 13.2 Å². The van der Waals surface area contributed by atoms with E-state index in [1.54, 1.807) is 0 Å². The summed E-state index contributed by atoms with van der Waals surface area (Å²) in [6, 6.07) is -0.885. The van der Waals surface area contributed by atoms with E-state index in [-0.39, 0.29) is 11.7 Å². The Morgan fingerprint density at radius 1 is 1.30 bits per heavy atom. The van der Waals surface area contributed by atoms with Crippen LogP contribution in [0.4, 0.5) is 0 Å². The Labute approximate surface area is 120 Å². The van der Waals surface area contributed by atoms with Gasteiger partial charge in [0.1, 0.15) is 0 Å². The SMILES string of the molecule is CCCCCS(=O)(=O)NC(=O)[C@@H](N)CCCNC(=N)N. The van der Waals surface area contributed by atoms with E-state index in [2.05, 4.69) is 5.32 Å². The predicted molar refractivity (Wildman–Crippen MR) is 78.6 cm³/mol. The lowest BCUT2D eigenvalue weighted by Gasteiger charge is -2.12. The second kappa shape index (κ2) is 9.54. The summed E-state index contributed by atoms with van der Waals surface area (Å²) >= 11 is 0. The third kappa shape index (κ3) is 9.56. The molecule has 118 valence electrons. The van der Waals surface area contributed by atoms with Gasteiger partial charge in [-0.25, -0.2) is 8.42 Å². The maximum absolute atomic E-state index is 11.6. The third-order valence-corrected chi connectivity index (χ3v) is 3.96.